The molecule has 26 heavy (non-hydrogen) atoms. The maximum absolute atomic E-state index is 14.8. The molecule has 1 aromatic carbocycles. The lowest BCUT2D eigenvalue weighted by atomic mass is 9.77. The van der Waals surface area contributed by atoms with Crippen molar-refractivity contribution in [3.8, 4) is 16.9 Å². The van der Waals surface area contributed by atoms with Crippen LogP contribution in [0.1, 0.15) is 27.7 Å². The molecule has 1 N–H and O–H groups in total. The summed E-state index contributed by atoms with van der Waals surface area (Å²) < 4.78 is 32.8. The van der Waals surface area contributed by atoms with E-state index in [0.717, 1.165) is 0 Å². The van der Waals surface area contributed by atoms with Crippen molar-refractivity contribution in [2.75, 3.05) is 7.11 Å². The lowest BCUT2D eigenvalue weighted by molar-refractivity contribution is 0.00578. The Kier molecular flexibility index (Phi) is 4.32. The number of hydrogen-bond acceptors (Lipinski definition) is 5. The Morgan fingerprint density at radius 3 is 2.38 bits per heavy atom. The highest BCUT2D eigenvalue weighted by molar-refractivity contribution is 6.63. The van der Waals surface area contributed by atoms with Gasteiger partial charge in [0.1, 0.15) is 11.6 Å². The Morgan fingerprint density at radius 1 is 1.27 bits per heavy atom. The van der Waals surface area contributed by atoms with Gasteiger partial charge in [0.05, 0.1) is 24.5 Å². The number of rotatable bonds is 3. The van der Waals surface area contributed by atoms with Crippen molar-refractivity contribution in [3.63, 3.8) is 0 Å². The van der Waals surface area contributed by atoms with Crippen LogP contribution in [-0.4, -0.2) is 46.4 Å². The van der Waals surface area contributed by atoms with E-state index in [1.54, 1.807) is 0 Å². The molecule has 1 fully saturated rings. The first-order chi connectivity index (χ1) is 12.1. The third-order valence-corrected chi connectivity index (χ3v) is 4.92. The zero-order chi connectivity index (χ0) is 19.3. The molecule has 0 aliphatic carbocycles. The van der Waals surface area contributed by atoms with Crippen LogP contribution in [0.15, 0.2) is 24.5 Å². The van der Waals surface area contributed by atoms with Gasteiger partial charge in [0.15, 0.2) is 0 Å². The minimum atomic E-state index is -1.25. The van der Waals surface area contributed by atoms with Crippen LogP contribution in [0.3, 0.4) is 0 Å². The molecular formula is C17H20BFN2O5. The van der Waals surface area contributed by atoms with Crippen LogP contribution >= 0.6 is 0 Å². The van der Waals surface area contributed by atoms with E-state index in [0.29, 0.717) is 21.5 Å². The fraction of sp³-hybridized carbons (Fsp3) is 0.412. The van der Waals surface area contributed by atoms with Gasteiger partial charge >= 0.3 is 13.2 Å². The van der Waals surface area contributed by atoms with Crippen LogP contribution in [0.5, 0.6) is 5.75 Å². The average Bonchev–Trinajstić information content (AvgIpc) is 3.10. The third-order valence-electron chi connectivity index (χ3n) is 4.92. The van der Waals surface area contributed by atoms with E-state index in [9.17, 15) is 9.18 Å². The van der Waals surface area contributed by atoms with E-state index in [-0.39, 0.29) is 5.56 Å². The summed E-state index contributed by atoms with van der Waals surface area (Å²) in [5, 5.41) is 12.6. The predicted molar refractivity (Wildman–Crippen MR) is 93.3 cm³/mol. The molecule has 138 valence electrons. The van der Waals surface area contributed by atoms with E-state index >= 15 is 0 Å². The molecule has 2 aromatic rings. The van der Waals surface area contributed by atoms with E-state index < -0.39 is 30.2 Å². The lowest BCUT2D eigenvalue weighted by Gasteiger charge is -2.32. The van der Waals surface area contributed by atoms with Gasteiger partial charge in [0, 0.05) is 22.8 Å². The average molecular weight is 362 g/mol. The van der Waals surface area contributed by atoms with Gasteiger partial charge in [-0.25, -0.2) is 9.18 Å². The van der Waals surface area contributed by atoms with Gasteiger partial charge in [-0.2, -0.15) is 9.78 Å². The number of ether oxygens (including phenoxy) is 1. The molecule has 9 heteroatoms. The third kappa shape index (κ3) is 2.97. The second-order valence-corrected chi connectivity index (χ2v) is 7.12. The van der Waals surface area contributed by atoms with Crippen LogP contribution in [0.4, 0.5) is 9.18 Å². The molecule has 7 nitrogen and oxygen atoms in total. The summed E-state index contributed by atoms with van der Waals surface area (Å²) in [6.07, 6.45) is 1.26. The van der Waals surface area contributed by atoms with Crippen molar-refractivity contribution in [1.82, 2.24) is 9.78 Å². The number of hydrogen-bond donors (Lipinski definition) is 1. The maximum atomic E-state index is 14.8. The van der Waals surface area contributed by atoms with Gasteiger partial charge in [-0.1, -0.05) is 0 Å². The second kappa shape index (κ2) is 6.10. The minimum absolute atomic E-state index is 0.176. The number of aromatic nitrogens is 2. The summed E-state index contributed by atoms with van der Waals surface area (Å²) in [6, 6.07) is 2.77. The quantitative estimate of drug-likeness (QED) is 0.845. The van der Waals surface area contributed by atoms with E-state index in [1.165, 1.54) is 31.6 Å². The van der Waals surface area contributed by atoms with Gasteiger partial charge in [-0.3, -0.25) is 0 Å². The molecule has 0 amide bonds. The Morgan fingerprint density at radius 2 is 1.88 bits per heavy atom. The van der Waals surface area contributed by atoms with E-state index in [2.05, 4.69) is 5.10 Å². The van der Waals surface area contributed by atoms with Crippen molar-refractivity contribution in [1.29, 1.82) is 0 Å². The number of benzene rings is 1. The van der Waals surface area contributed by atoms with Crippen molar-refractivity contribution >= 4 is 18.7 Å². The molecule has 0 radical (unpaired) electrons. The molecule has 0 atom stereocenters. The van der Waals surface area contributed by atoms with Crippen molar-refractivity contribution in [3.05, 3.63) is 30.3 Å². The van der Waals surface area contributed by atoms with Gasteiger partial charge in [-0.15, -0.1) is 0 Å². The first-order valence-electron chi connectivity index (χ1n) is 8.07. The summed E-state index contributed by atoms with van der Waals surface area (Å²) in [4.78, 5) is 11.0. The molecule has 1 saturated heterocycles. The molecule has 0 spiro atoms. The zero-order valence-electron chi connectivity index (χ0n) is 15.2. The van der Waals surface area contributed by atoms with Crippen LogP contribution < -0.4 is 10.2 Å². The number of halogens is 1. The Bertz CT molecular complexity index is 849. The molecular weight excluding hydrogens is 342 g/mol. The fourth-order valence-corrected chi connectivity index (χ4v) is 2.69. The minimum Gasteiger partial charge on any atom is -0.497 e. The molecule has 3 rings (SSSR count). The number of nitrogens with zero attached hydrogens (tertiary/aromatic N) is 2. The van der Waals surface area contributed by atoms with Gasteiger partial charge in [0.25, 0.3) is 0 Å². The summed E-state index contributed by atoms with van der Waals surface area (Å²) in [7, 11) is 0.687. The molecule has 1 aliphatic rings. The molecule has 0 bridgehead atoms. The van der Waals surface area contributed by atoms with E-state index in [4.69, 9.17) is 19.2 Å². The first kappa shape index (κ1) is 18.4. The highest BCUT2D eigenvalue weighted by Crippen LogP contribution is 2.38. The van der Waals surface area contributed by atoms with Crippen LogP contribution in [0, 0.1) is 5.82 Å². The van der Waals surface area contributed by atoms with Gasteiger partial charge < -0.3 is 19.2 Å². The Balaban J connectivity index is 2.02. The molecule has 2 heterocycles. The molecule has 0 saturated carbocycles. The first-order valence-corrected chi connectivity index (χ1v) is 8.07. The fourth-order valence-electron chi connectivity index (χ4n) is 2.69. The second-order valence-electron chi connectivity index (χ2n) is 7.12. The molecule has 0 unspecified atom stereocenters. The van der Waals surface area contributed by atoms with Gasteiger partial charge in [-0.05, 0) is 39.8 Å². The summed E-state index contributed by atoms with van der Waals surface area (Å²) in [5.41, 5.74) is -0.211. The normalized spacial score (nSPS) is 18.2. The van der Waals surface area contributed by atoms with Crippen LogP contribution in [0.2, 0.25) is 0 Å². The van der Waals surface area contributed by atoms with Crippen LogP contribution in [0.25, 0.3) is 11.1 Å². The van der Waals surface area contributed by atoms with Gasteiger partial charge in [0.2, 0.25) is 0 Å². The standard InChI is InChI=1S/C17H20BFN2O5/c1-16(2)17(3,4)26-18(25-16)12-7-13(19)11(6-14(12)24-5)10-8-20-21(9-10)15(22)23/h6-9H,1-5H3,(H,22,23). The Hall–Kier alpha value is -2.39. The van der Waals surface area contributed by atoms with E-state index in [1.807, 2.05) is 27.7 Å². The highest BCUT2D eigenvalue weighted by Gasteiger charge is 2.52. The number of carboxylic acid groups (broad SMARTS) is 1. The maximum Gasteiger partial charge on any atom is 0.498 e. The highest BCUT2D eigenvalue weighted by atomic mass is 19.1. The van der Waals surface area contributed by atoms with Crippen molar-refractivity contribution in [2.24, 2.45) is 0 Å². The number of methoxy groups -OCH3 is 1. The van der Waals surface area contributed by atoms with Crippen molar-refractivity contribution < 1.29 is 28.3 Å². The summed E-state index contributed by atoms with van der Waals surface area (Å²) >= 11 is 0. The summed E-state index contributed by atoms with van der Waals surface area (Å²) in [5.74, 6) is -0.177. The summed E-state index contributed by atoms with van der Waals surface area (Å²) in [6.45, 7) is 7.63. The SMILES string of the molecule is COc1cc(-c2cnn(C(=O)O)c2)c(F)cc1B1OC(C)(C)C(C)(C)O1. The monoisotopic (exact) mass is 362 g/mol. The molecule has 1 aliphatic heterocycles. The molecule has 1 aromatic heterocycles. The Labute approximate surface area is 150 Å². The zero-order valence-corrected chi connectivity index (χ0v) is 15.2. The topological polar surface area (TPSA) is 82.8 Å². The number of carbonyl (C=O) groups is 1. The lowest BCUT2D eigenvalue weighted by Crippen LogP contribution is -2.41. The van der Waals surface area contributed by atoms with Crippen LogP contribution in [-0.2, 0) is 9.31 Å². The smallest absolute Gasteiger partial charge is 0.497 e. The van der Waals surface area contributed by atoms with Crippen molar-refractivity contribution in [2.45, 2.75) is 38.9 Å². The predicted octanol–water partition coefficient (Wildman–Crippen LogP) is 2.52. The largest absolute Gasteiger partial charge is 0.498 e.